The summed E-state index contributed by atoms with van der Waals surface area (Å²) in [6, 6.07) is 3.29. The molecule has 1 aliphatic heterocycles. The van der Waals surface area contributed by atoms with Crippen molar-refractivity contribution in [1.82, 2.24) is 4.90 Å². The van der Waals surface area contributed by atoms with Crippen molar-refractivity contribution in [1.29, 1.82) is 0 Å². The molecule has 0 bridgehead atoms. The first-order chi connectivity index (χ1) is 9.04. The number of aliphatic hydroxyl groups is 1. The number of nitro groups is 1. The maximum Gasteiger partial charge on any atom is 0.310 e. The quantitative estimate of drug-likeness (QED) is 0.624. The van der Waals surface area contributed by atoms with E-state index in [1.54, 1.807) is 0 Å². The fraction of sp³-hybridized carbons (Fsp3) is 0.417. The Balaban J connectivity index is 2.25. The molecule has 2 rings (SSSR count). The van der Waals surface area contributed by atoms with Gasteiger partial charge in [0.1, 0.15) is 0 Å². The smallest absolute Gasteiger partial charge is 0.310 e. The second-order valence-electron chi connectivity index (χ2n) is 4.44. The highest BCUT2D eigenvalue weighted by molar-refractivity contribution is 5.95. The third-order valence-electron chi connectivity index (χ3n) is 3.27. The largest absolute Gasteiger partial charge is 0.502 e. The van der Waals surface area contributed by atoms with Crippen molar-refractivity contribution in [2.45, 2.75) is 18.9 Å². The first kappa shape index (κ1) is 13.3. The van der Waals surface area contributed by atoms with Gasteiger partial charge in [-0.25, -0.2) is 0 Å². The maximum atomic E-state index is 12.2. The van der Waals surface area contributed by atoms with Crippen molar-refractivity contribution < 1.29 is 19.9 Å². The van der Waals surface area contributed by atoms with Crippen molar-refractivity contribution in [3.8, 4) is 5.75 Å². The lowest BCUT2D eigenvalue weighted by molar-refractivity contribution is -0.385. The molecule has 0 aliphatic carbocycles. The van der Waals surface area contributed by atoms with Gasteiger partial charge in [-0.1, -0.05) is 0 Å². The molecule has 7 nitrogen and oxygen atoms in total. The average molecular weight is 266 g/mol. The average Bonchev–Trinajstić information content (AvgIpc) is 2.85. The number of phenolic OH excluding ortho intramolecular Hbond substituents is 1. The number of amides is 1. The third kappa shape index (κ3) is 2.50. The number of aromatic hydroxyl groups is 1. The van der Waals surface area contributed by atoms with Crippen molar-refractivity contribution in [3.05, 3.63) is 33.9 Å². The number of benzene rings is 1. The highest BCUT2D eigenvalue weighted by atomic mass is 16.6. The molecule has 0 spiro atoms. The standard InChI is InChI=1S/C12H14N2O5/c15-7-9-2-1-5-13(9)12(17)8-3-4-10(14(18)19)11(16)6-8/h3-4,6,9,15-16H,1-2,5,7H2. The van der Waals surface area contributed by atoms with E-state index in [4.69, 9.17) is 0 Å². The van der Waals surface area contributed by atoms with Crippen LogP contribution in [0.1, 0.15) is 23.2 Å². The number of rotatable bonds is 3. The molecular formula is C12H14N2O5. The van der Waals surface area contributed by atoms with Gasteiger partial charge >= 0.3 is 5.69 Å². The van der Waals surface area contributed by atoms with Gasteiger partial charge in [0.2, 0.25) is 0 Å². The summed E-state index contributed by atoms with van der Waals surface area (Å²) < 4.78 is 0. The fourth-order valence-corrected chi connectivity index (χ4v) is 2.27. The molecule has 7 heteroatoms. The van der Waals surface area contributed by atoms with Gasteiger partial charge in [-0.2, -0.15) is 0 Å². The van der Waals surface area contributed by atoms with Crippen LogP contribution in [0.2, 0.25) is 0 Å². The number of nitrogens with zero attached hydrogens (tertiary/aromatic N) is 2. The zero-order valence-corrected chi connectivity index (χ0v) is 10.2. The molecule has 1 unspecified atom stereocenters. The van der Waals surface area contributed by atoms with Crippen molar-refractivity contribution in [3.63, 3.8) is 0 Å². The monoisotopic (exact) mass is 266 g/mol. The SMILES string of the molecule is O=C(c1ccc([N+](=O)[O-])c(O)c1)N1CCCC1CO. The summed E-state index contributed by atoms with van der Waals surface area (Å²) in [5.41, 5.74) is -0.250. The molecule has 1 aromatic carbocycles. The Kier molecular flexibility index (Phi) is 3.66. The Morgan fingerprint density at radius 3 is 2.84 bits per heavy atom. The maximum absolute atomic E-state index is 12.2. The van der Waals surface area contributed by atoms with Crippen LogP contribution in [0.5, 0.6) is 5.75 Å². The van der Waals surface area contributed by atoms with Gasteiger partial charge in [0.05, 0.1) is 17.6 Å². The van der Waals surface area contributed by atoms with Gasteiger partial charge in [0.25, 0.3) is 5.91 Å². The van der Waals surface area contributed by atoms with Gasteiger partial charge < -0.3 is 15.1 Å². The Morgan fingerprint density at radius 2 is 2.26 bits per heavy atom. The Bertz CT molecular complexity index is 517. The van der Waals surface area contributed by atoms with E-state index in [1.807, 2.05) is 0 Å². The predicted molar refractivity (Wildman–Crippen MR) is 65.9 cm³/mol. The molecule has 1 saturated heterocycles. The molecule has 102 valence electrons. The van der Waals surface area contributed by atoms with E-state index in [9.17, 15) is 25.1 Å². The number of likely N-dealkylation sites (tertiary alicyclic amines) is 1. The minimum absolute atomic E-state index is 0.106. The van der Waals surface area contributed by atoms with E-state index in [-0.39, 0.29) is 24.1 Å². The molecule has 2 N–H and O–H groups in total. The van der Waals surface area contributed by atoms with E-state index in [1.165, 1.54) is 11.0 Å². The number of hydrogen-bond acceptors (Lipinski definition) is 5. The van der Waals surface area contributed by atoms with E-state index in [2.05, 4.69) is 0 Å². The first-order valence-corrected chi connectivity index (χ1v) is 5.94. The highest BCUT2D eigenvalue weighted by Gasteiger charge is 2.29. The summed E-state index contributed by atoms with van der Waals surface area (Å²) in [4.78, 5) is 23.6. The van der Waals surface area contributed by atoms with Gasteiger partial charge in [-0.3, -0.25) is 14.9 Å². The molecule has 1 fully saturated rings. The van der Waals surface area contributed by atoms with E-state index in [0.29, 0.717) is 6.54 Å². The second kappa shape index (κ2) is 5.23. The van der Waals surface area contributed by atoms with Crippen LogP contribution in [0, 0.1) is 10.1 Å². The molecule has 0 radical (unpaired) electrons. The number of phenols is 1. The van der Waals surface area contributed by atoms with E-state index < -0.39 is 16.4 Å². The van der Waals surface area contributed by atoms with Crippen LogP contribution in [0.4, 0.5) is 5.69 Å². The molecular weight excluding hydrogens is 252 g/mol. The lowest BCUT2D eigenvalue weighted by Crippen LogP contribution is -2.37. The number of nitro benzene ring substituents is 1. The lowest BCUT2D eigenvalue weighted by Gasteiger charge is -2.23. The summed E-state index contributed by atoms with van der Waals surface area (Å²) in [6.45, 7) is 0.437. The summed E-state index contributed by atoms with van der Waals surface area (Å²) in [7, 11) is 0. The van der Waals surface area contributed by atoms with Crippen LogP contribution in [0.3, 0.4) is 0 Å². The van der Waals surface area contributed by atoms with Gasteiger partial charge in [0.15, 0.2) is 5.75 Å². The van der Waals surface area contributed by atoms with Gasteiger partial charge in [0, 0.05) is 18.2 Å². The van der Waals surface area contributed by atoms with Gasteiger partial charge in [-0.05, 0) is 25.0 Å². The Morgan fingerprint density at radius 1 is 1.53 bits per heavy atom. The molecule has 19 heavy (non-hydrogen) atoms. The van der Waals surface area contributed by atoms with Crippen LogP contribution >= 0.6 is 0 Å². The van der Waals surface area contributed by atoms with Crippen LogP contribution in [0.15, 0.2) is 18.2 Å². The van der Waals surface area contributed by atoms with Crippen molar-refractivity contribution in [2.75, 3.05) is 13.2 Å². The van der Waals surface area contributed by atoms with E-state index in [0.717, 1.165) is 25.0 Å². The highest BCUT2D eigenvalue weighted by Crippen LogP contribution is 2.28. The summed E-state index contributed by atoms with van der Waals surface area (Å²) in [5.74, 6) is -0.864. The lowest BCUT2D eigenvalue weighted by atomic mass is 10.1. The number of carbonyl (C=O) groups is 1. The molecule has 1 atom stereocenters. The molecule has 1 amide bonds. The fourth-order valence-electron chi connectivity index (χ4n) is 2.27. The Hall–Kier alpha value is -2.15. The van der Waals surface area contributed by atoms with Crippen LogP contribution in [0.25, 0.3) is 0 Å². The molecule has 1 aliphatic rings. The predicted octanol–water partition coefficient (Wildman–Crippen LogP) is 0.897. The zero-order chi connectivity index (χ0) is 14.0. The first-order valence-electron chi connectivity index (χ1n) is 5.94. The molecule has 0 aromatic heterocycles. The normalized spacial score (nSPS) is 18.6. The zero-order valence-electron chi connectivity index (χ0n) is 10.2. The van der Waals surface area contributed by atoms with Gasteiger partial charge in [-0.15, -0.1) is 0 Å². The van der Waals surface area contributed by atoms with E-state index >= 15 is 0 Å². The summed E-state index contributed by atoms with van der Waals surface area (Å²) in [6.07, 6.45) is 1.55. The number of carbonyl (C=O) groups excluding carboxylic acids is 1. The van der Waals surface area contributed by atoms with Crippen molar-refractivity contribution in [2.24, 2.45) is 0 Å². The Labute approximate surface area is 109 Å². The summed E-state index contributed by atoms with van der Waals surface area (Å²) in [5, 5.41) is 29.3. The minimum atomic E-state index is -0.712. The summed E-state index contributed by atoms with van der Waals surface area (Å²) >= 11 is 0. The number of hydrogen-bond donors (Lipinski definition) is 2. The molecule has 0 saturated carbocycles. The minimum Gasteiger partial charge on any atom is -0.502 e. The molecule has 1 aromatic rings. The molecule has 1 heterocycles. The second-order valence-corrected chi connectivity index (χ2v) is 4.44. The third-order valence-corrected chi connectivity index (χ3v) is 3.27. The van der Waals surface area contributed by atoms with Crippen LogP contribution in [-0.4, -0.2) is 45.1 Å². The van der Waals surface area contributed by atoms with Crippen LogP contribution in [-0.2, 0) is 0 Å². The van der Waals surface area contributed by atoms with Crippen LogP contribution < -0.4 is 0 Å². The van der Waals surface area contributed by atoms with Crippen molar-refractivity contribution >= 4 is 11.6 Å². The number of aliphatic hydroxyl groups excluding tert-OH is 1. The topological polar surface area (TPSA) is 104 Å².